The molecule has 0 unspecified atom stereocenters. The van der Waals surface area contributed by atoms with E-state index in [0.29, 0.717) is 5.69 Å². The molecule has 0 amide bonds. The van der Waals surface area contributed by atoms with Crippen molar-refractivity contribution in [1.82, 2.24) is 0 Å². The van der Waals surface area contributed by atoms with Gasteiger partial charge in [0.1, 0.15) is 11.4 Å². The van der Waals surface area contributed by atoms with Crippen molar-refractivity contribution in [2.75, 3.05) is 23.7 Å². The first-order valence-corrected chi connectivity index (χ1v) is 5.88. The van der Waals surface area contributed by atoms with E-state index in [2.05, 4.69) is 13.8 Å². The number of benzene rings is 1. The van der Waals surface area contributed by atoms with Crippen molar-refractivity contribution in [3.63, 3.8) is 0 Å². The number of rotatable bonds is 2. The van der Waals surface area contributed by atoms with Gasteiger partial charge in [0.25, 0.3) is 0 Å². The molecule has 1 aromatic rings. The molecule has 0 aromatic heterocycles. The SMILES string of the molecule is CC1(C)CCN(c2ccc(F)c(N)c2C(=O)O)C1. The Morgan fingerprint density at radius 1 is 1.50 bits per heavy atom. The number of carbonyl (C=O) groups is 1. The van der Waals surface area contributed by atoms with E-state index in [9.17, 15) is 14.3 Å². The van der Waals surface area contributed by atoms with Gasteiger partial charge >= 0.3 is 5.97 Å². The van der Waals surface area contributed by atoms with Crippen LogP contribution in [0.4, 0.5) is 15.8 Å². The fourth-order valence-corrected chi connectivity index (χ4v) is 2.39. The number of hydrogen-bond donors (Lipinski definition) is 2. The monoisotopic (exact) mass is 252 g/mol. The van der Waals surface area contributed by atoms with E-state index < -0.39 is 11.8 Å². The highest BCUT2D eigenvalue weighted by Crippen LogP contribution is 2.36. The Kier molecular flexibility index (Phi) is 2.92. The second-order valence-electron chi connectivity index (χ2n) is 5.50. The van der Waals surface area contributed by atoms with Crippen molar-refractivity contribution >= 4 is 17.3 Å². The Balaban J connectivity index is 2.46. The summed E-state index contributed by atoms with van der Waals surface area (Å²) in [5.41, 5.74) is 5.76. The Morgan fingerprint density at radius 2 is 2.17 bits per heavy atom. The van der Waals surface area contributed by atoms with Crippen LogP contribution in [0.5, 0.6) is 0 Å². The van der Waals surface area contributed by atoms with Gasteiger partial charge in [-0.3, -0.25) is 0 Å². The van der Waals surface area contributed by atoms with E-state index in [4.69, 9.17) is 5.73 Å². The molecule has 1 aliphatic rings. The van der Waals surface area contributed by atoms with Gasteiger partial charge in [0.2, 0.25) is 0 Å². The highest BCUT2D eigenvalue weighted by molar-refractivity contribution is 6.00. The summed E-state index contributed by atoms with van der Waals surface area (Å²) in [5, 5.41) is 9.19. The number of aromatic carboxylic acids is 1. The summed E-state index contributed by atoms with van der Waals surface area (Å²) in [5.74, 6) is -1.87. The summed E-state index contributed by atoms with van der Waals surface area (Å²) in [6.45, 7) is 5.76. The molecule has 1 aromatic carbocycles. The lowest BCUT2D eigenvalue weighted by molar-refractivity contribution is 0.0698. The maximum atomic E-state index is 13.4. The van der Waals surface area contributed by atoms with Crippen molar-refractivity contribution in [2.45, 2.75) is 20.3 Å². The quantitative estimate of drug-likeness (QED) is 0.793. The fraction of sp³-hybridized carbons (Fsp3) is 0.462. The van der Waals surface area contributed by atoms with Crippen LogP contribution in [0.2, 0.25) is 0 Å². The van der Waals surface area contributed by atoms with Crippen molar-refractivity contribution in [3.8, 4) is 0 Å². The molecule has 1 heterocycles. The van der Waals surface area contributed by atoms with Crippen molar-refractivity contribution in [2.24, 2.45) is 5.41 Å². The zero-order valence-electron chi connectivity index (χ0n) is 10.5. The zero-order valence-corrected chi connectivity index (χ0v) is 10.5. The average Bonchev–Trinajstić information content (AvgIpc) is 2.62. The normalized spacial score (nSPS) is 18.1. The maximum absolute atomic E-state index is 13.4. The predicted octanol–water partition coefficient (Wildman–Crippen LogP) is 2.34. The van der Waals surface area contributed by atoms with Crippen LogP contribution in [0.25, 0.3) is 0 Å². The number of carboxylic acid groups (broad SMARTS) is 1. The van der Waals surface area contributed by atoms with Crippen LogP contribution in [0.1, 0.15) is 30.6 Å². The van der Waals surface area contributed by atoms with Crippen molar-refractivity contribution < 1.29 is 14.3 Å². The number of halogens is 1. The van der Waals surface area contributed by atoms with Crippen molar-refractivity contribution in [3.05, 3.63) is 23.5 Å². The Labute approximate surface area is 105 Å². The summed E-state index contributed by atoms with van der Waals surface area (Å²) in [6.07, 6.45) is 0.976. The van der Waals surface area contributed by atoms with Gasteiger partial charge in [-0.1, -0.05) is 13.8 Å². The molecule has 0 radical (unpaired) electrons. The lowest BCUT2D eigenvalue weighted by Gasteiger charge is -2.23. The largest absolute Gasteiger partial charge is 0.478 e. The third-order valence-electron chi connectivity index (χ3n) is 3.40. The Bertz CT molecular complexity index is 500. The lowest BCUT2D eigenvalue weighted by Crippen LogP contribution is -2.25. The lowest BCUT2D eigenvalue weighted by atomic mass is 9.93. The molecule has 2 rings (SSSR count). The number of carboxylic acids is 1. The Morgan fingerprint density at radius 3 is 2.67 bits per heavy atom. The summed E-state index contributed by atoms with van der Waals surface area (Å²) in [7, 11) is 0. The summed E-state index contributed by atoms with van der Waals surface area (Å²) in [6, 6.07) is 2.72. The molecule has 0 aliphatic carbocycles. The molecule has 1 fully saturated rings. The van der Waals surface area contributed by atoms with Crippen LogP contribution < -0.4 is 10.6 Å². The van der Waals surface area contributed by atoms with Gasteiger partial charge in [0, 0.05) is 13.1 Å². The van der Waals surface area contributed by atoms with Crippen molar-refractivity contribution in [1.29, 1.82) is 0 Å². The number of nitrogen functional groups attached to an aromatic ring is 1. The van der Waals surface area contributed by atoms with Crippen LogP contribution in [0.3, 0.4) is 0 Å². The third-order valence-corrected chi connectivity index (χ3v) is 3.40. The van der Waals surface area contributed by atoms with E-state index in [-0.39, 0.29) is 16.7 Å². The molecule has 5 heteroatoms. The standard InChI is InChI=1S/C13H17FN2O2/c1-13(2)5-6-16(7-13)9-4-3-8(14)11(15)10(9)12(17)18/h3-4H,5-7,15H2,1-2H3,(H,17,18). The molecule has 4 nitrogen and oxygen atoms in total. The molecule has 98 valence electrons. The molecular formula is C13H17FN2O2. The van der Waals surface area contributed by atoms with E-state index >= 15 is 0 Å². The summed E-state index contributed by atoms with van der Waals surface area (Å²) in [4.78, 5) is 13.2. The maximum Gasteiger partial charge on any atom is 0.340 e. The van der Waals surface area contributed by atoms with Gasteiger partial charge in [-0.15, -0.1) is 0 Å². The van der Waals surface area contributed by atoms with Crippen LogP contribution in [0, 0.1) is 11.2 Å². The second kappa shape index (κ2) is 4.15. The van der Waals surface area contributed by atoms with E-state index in [1.165, 1.54) is 12.1 Å². The van der Waals surface area contributed by atoms with Crippen LogP contribution in [-0.4, -0.2) is 24.2 Å². The third kappa shape index (κ3) is 2.12. The molecule has 0 spiro atoms. The topological polar surface area (TPSA) is 66.6 Å². The molecule has 1 saturated heterocycles. The molecule has 3 N–H and O–H groups in total. The first-order chi connectivity index (χ1) is 8.32. The van der Waals surface area contributed by atoms with Crippen LogP contribution >= 0.6 is 0 Å². The van der Waals surface area contributed by atoms with Crippen LogP contribution in [0.15, 0.2) is 12.1 Å². The van der Waals surface area contributed by atoms with Gasteiger partial charge in [-0.05, 0) is 24.0 Å². The molecule has 1 aliphatic heterocycles. The zero-order chi connectivity index (χ0) is 13.5. The number of nitrogens with two attached hydrogens (primary N) is 1. The van der Waals surface area contributed by atoms with Gasteiger partial charge < -0.3 is 15.7 Å². The minimum Gasteiger partial charge on any atom is -0.478 e. The smallest absolute Gasteiger partial charge is 0.340 e. The van der Waals surface area contributed by atoms with Crippen LogP contribution in [-0.2, 0) is 0 Å². The predicted molar refractivity (Wildman–Crippen MR) is 68.4 cm³/mol. The van der Waals surface area contributed by atoms with E-state index in [1.54, 1.807) is 0 Å². The first-order valence-electron chi connectivity index (χ1n) is 5.88. The number of anilines is 2. The van der Waals surface area contributed by atoms with Gasteiger partial charge in [0.15, 0.2) is 0 Å². The minimum atomic E-state index is -1.19. The van der Waals surface area contributed by atoms with Gasteiger partial charge in [-0.2, -0.15) is 0 Å². The number of nitrogens with zero attached hydrogens (tertiary/aromatic N) is 1. The Hall–Kier alpha value is -1.78. The first kappa shape index (κ1) is 12.7. The molecule has 0 saturated carbocycles. The highest BCUT2D eigenvalue weighted by Gasteiger charge is 2.32. The summed E-state index contributed by atoms with van der Waals surface area (Å²) >= 11 is 0. The van der Waals surface area contributed by atoms with Gasteiger partial charge in [-0.25, -0.2) is 9.18 Å². The molecular weight excluding hydrogens is 235 g/mol. The molecule has 0 atom stereocenters. The fourth-order valence-electron chi connectivity index (χ4n) is 2.39. The van der Waals surface area contributed by atoms with E-state index in [0.717, 1.165) is 19.5 Å². The minimum absolute atomic E-state index is 0.132. The molecule has 18 heavy (non-hydrogen) atoms. The second-order valence-corrected chi connectivity index (χ2v) is 5.50. The summed E-state index contributed by atoms with van der Waals surface area (Å²) < 4.78 is 13.4. The highest BCUT2D eigenvalue weighted by atomic mass is 19.1. The number of hydrogen-bond acceptors (Lipinski definition) is 3. The van der Waals surface area contributed by atoms with Gasteiger partial charge in [0.05, 0.1) is 11.4 Å². The van der Waals surface area contributed by atoms with E-state index in [1.807, 2.05) is 4.90 Å². The average molecular weight is 252 g/mol. The molecule has 0 bridgehead atoms.